The van der Waals surface area contributed by atoms with Crippen LogP contribution < -0.4 is 10.2 Å². The van der Waals surface area contributed by atoms with Crippen LogP contribution in [0, 0.1) is 6.92 Å². The molecule has 0 aliphatic rings. The summed E-state index contributed by atoms with van der Waals surface area (Å²) in [6.07, 6.45) is 1.60. The highest BCUT2D eigenvalue weighted by atomic mass is 32.1. The van der Waals surface area contributed by atoms with E-state index in [1.807, 2.05) is 24.3 Å². The van der Waals surface area contributed by atoms with Crippen molar-refractivity contribution < 1.29 is 14.6 Å². The molecule has 2 aromatic rings. The van der Waals surface area contributed by atoms with E-state index in [4.69, 9.17) is 9.84 Å². The SMILES string of the molecule is COc1ccc(C=NNc2snc(C)c2C(=O)O)cc1. The van der Waals surface area contributed by atoms with Gasteiger partial charge < -0.3 is 9.84 Å². The highest BCUT2D eigenvalue weighted by Crippen LogP contribution is 2.24. The van der Waals surface area contributed by atoms with Gasteiger partial charge in [0.1, 0.15) is 16.3 Å². The molecule has 1 heterocycles. The normalized spacial score (nSPS) is 10.7. The number of rotatable bonds is 5. The Bertz CT molecular complexity index is 635. The molecule has 1 aromatic heterocycles. The second-order valence-electron chi connectivity index (χ2n) is 3.92. The molecule has 0 fully saturated rings. The van der Waals surface area contributed by atoms with Crippen LogP contribution >= 0.6 is 11.5 Å². The van der Waals surface area contributed by atoms with Crippen LogP contribution in [0.2, 0.25) is 0 Å². The van der Waals surface area contributed by atoms with Crippen molar-refractivity contribution in [2.75, 3.05) is 12.5 Å². The molecular formula is C13H13N3O3S. The van der Waals surface area contributed by atoms with Gasteiger partial charge in [-0.3, -0.25) is 5.43 Å². The van der Waals surface area contributed by atoms with Crippen molar-refractivity contribution in [1.82, 2.24) is 4.37 Å². The van der Waals surface area contributed by atoms with Gasteiger partial charge in [0.2, 0.25) is 0 Å². The number of ether oxygens (including phenoxy) is 1. The number of hydrogen-bond donors (Lipinski definition) is 2. The molecule has 104 valence electrons. The van der Waals surface area contributed by atoms with Crippen LogP contribution in [0.1, 0.15) is 21.6 Å². The van der Waals surface area contributed by atoms with Gasteiger partial charge in [-0.2, -0.15) is 9.47 Å². The first-order valence-corrected chi connectivity index (χ1v) is 6.52. The fourth-order valence-corrected chi connectivity index (χ4v) is 2.29. The van der Waals surface area contributed by atoms with E-state index in [-0.39, 0.29) is 5.56 Å². The van der Waals surface area contributed by atoms with Crippen LogP contribution in [0.3, 0.4) is 0 Å². The van der Waals surface area contributed by atoms with Crippen molar-refractivity contribution in [3.63, 3.8) is 0 Å². The van der Waals surface area contributed by atoms with Crippen molar-refractivity contribution in [1.29, 1.82) is 0 Å². The van der Waals surface area contributed by atoms with Gasteiger partial charge in [-0.25, -0.2) is 4.79 Å². The Labute approximate surface area is 119 Å². The van der Waals surface area contributed by atoms with E-state index in [0.717, 1.165) is 22.8 Å². The molecule has 1 aromatic carbocycles. The average Bonchev–Trinajstić information content (AvgIpc) is 2.81. The minimum absolute atomic E-state index is 0.155. The highest BCUT2D eigenvalue weighted by molar-refractivity contribution is 7.10. The monoisotopic (exact) mass is 291 g/mol. The summed E-state index contributed by atoms with van der Waals surface area (Å²) in [5.41, 5.74) is 4.21. The number of methoxy groups -OCH3 is 1. The first-order chi connectivity index (χ1) is 9.61. The lowest BCUT2D eigenvalue weighted by Crippen LogP contribution is -2.01. The van der Waals surface area contributed by atoms with Gasteiger partial charge in [0, 0.05) is 0 Å². The molecule has 6 nitrogen and oxygen atoms in total. The van der Waals surface area contributed by atoms with Crippen LogP contribution in [-0.2, 0) is 0 Å². The topological polar surface area (TPSA) is 83.8 Å². The predicted octanol–water partition coefficient (Wildman–Crippen LogP) is 2.60. The van der Waals surface area contributed by atoms with Gasteiger partial charge in [0.05, 0.1) is 19.0 Å². The molecule has 0 radical (unpaired) electrons. The zero-order chi connectivity index (χ0) is 14.5. The number of hydrogen-bond acceptors (Lipinski definition) is 6. The van der Waals surface area contributed by atoms with E-state index < -0.39 is 5.97 Å². The van der Waals surface area contributed by atoms with Crippen molar-refractivity contribution in [3.05, 3.63) is 41.1 Å². The van der Waals surface area contributed by atoms with Crippen LogP contribution in [0.15, 0.2) is 29.4 Å². The molecular weight excluding hydrogens is 278 g/mol. The molecule has 0 bridgehead atoms. The molecule has 7 heteroatoms. The van der Waals surface area contributed by atoms with E-state index in [0.29, 0.717) is 10.7 Å². The number of aromatic carboxylic acids is 1. The Morgan fingerprint density at radius 2 is 2.15 bits per heavy atom. The number of carboxylic acids is 1. The maximum absolute atomic E-state index is 11.1. The fourth-order valence-electron chi connectivity index (χ4n) is 1.55. The molecule has 0 amide bonds. The van der Waals surface area contributed by atoms with Crippen molar-refractivity contribution >= 4 is 28.7 Å². The summed E-state index contributed by atoms with van der Waals surface area (Å²) >= 11 is 1.07. The number of benzene rings is 1. The summed E-state index contributed by atoms with van der Waals surface area (Å²) in [5, 5.41) is 13.5. The van der Waals surface area contributed by atoms with E-state index in [2.05, 4.69) is 14.9 Å². The number of anilines is 1. The van der Waals surface area contributed by atoms with Crippen LogP contribution in [0.5, 0.6) is 5.75 Å². The molecule has 0 saturated carbocycles. The number of nitrogens with one attached hydrogen (secondary N) is 1. The molecule has 2 N–H and O–H groups in total. The lowest BCUT2D eigenvalue weighted by atomic mass is 10.2. The molecule has 20 heavy (non-hydrogen) atoms. The van der Waals surface area contributed by atoms with Gasteiger partial charge in [0.25, 0.3) is 0 Å². The largest absolute Gasteiger partial charge is 0.497 e. The first-order valence-electron chi connectivity index (χ1n) is 5.74. The number of carboxylic acid groups (broad SMARTS) is 1. The fraction of sp³-hybridized carbons (Fsp3) is 0.154. The molecule has 0 spiro atoms. The van der Waals surface area contributed by atoms with Crippen LogP contribution in [0.4, 0.5) is 5.00 Å². The standard InChI is InChI=1S/C13H13N3O3S/c1-8-11(13(17)18)12(20-16-8)15-14-7-9-3-5-10(19-2)6-4-9/h3-7,15H,1-2H3,(H,17,18). The molecule has 0 saturated heterocycles. The highest BCUT2D eigenvalue weighted by Gasteiger charge is 2.16. The molecule has 2 rings (SSSR count). The lowest BCUT2D eigenvalue weighted by Gasteiger charge is -2.00. The number of aromatic nitrogens is 1. The van der Waals surface area contributed by atoms with Crippen molar-refractivity contribution in [2.45, 2.75) is 6.92 Å². The van der Waals surface area contributed by atoms with E-state index in [1.54, 1.807) is 20.2 Å². The third-order valence-electron chi connectivity index (χ3n) is 2.57. The Morgan fingerprint density at radius 1 is 1.45 bits per heavy atom. The smallest absolute Gasteiger partial charge is 0.340 e. The van der Waals surface area contributed by atoms with Gasteiger partial charge in [-0.1, -0.05) is 0 Å². The lowest BCUT2D eigenvalue weighted by molar-refractivity contribution is 0.0697. The van der Waals surface area contributed by atoms with Crippen LogP contribution in [-0.4, -0.2) is 28.8 Å². The third-order valence-corrected chi connectivity index (χ3v) is 3.42. The first kappa shape index (κ1) is 14.0. The van der Waals surface area contributed by atoms with Gasteiger partial charge >= 0.3 is 5.97 Å². The molecule has 0 atom stereocenters. The zero-order valence-corrected chi connectivity index (χ0v) is 11.8. The second-order valence-corrected chi connectivity index (χ2v) is 4.69. The van der Waals surface area contributed by atoms with E-state index in [1.165, 1.54) is 0 Å². The Balaban J connectivity index is 2.08. The molecule has 0 aliphatic carbocycles. The number of aryl methyl sites for hydroxylation is 1. The van der Waals surface area contributed by atoms with E-state index >= 15 is 0 Å². The van der Waals surface area contributed by atoms with Crippen molar-refractivity contribution in [3.8, 4) is 5.75 Å². The van der Waals surface area contributed by atoms with Crippen molar-refractivity contribution in [2.24, 2.45) is 5.10 Å². The summed E-state index contributed by atoms with van der Waals surface area (Å²) in [6, 6.07) is 7.34. The van der Waals surface area contributed by atoms with Crippen LogP contribution in [0.25, 0.3) is 0 Å². The summed E-state index contributed by atoms with van der Waals surface area (Å²) in [5.74, 6) is -0.250. The average molecular weight is 291 g/mol. The maximum Gasteiger partial charge on any atom is 0.340 e. The maximum atomic E-state index is 11.1. The number of carbonyl (C=O) groups is 1. The van der Waals surface area contributed by atoms with Gasteiger partial charge in [-0.05, 0) is 48.3 Å². The second kappa shape index (κ2) is 6.16. The predicted molar refractivity (Wildman–Crippen MR) is 78.0 cm³/mol. The minimum atomic E-state index is -1.02. The number of nitrogens with zero attached hydrogens (tertiary/aromatic N) is 2. The summed E-state index contributed by atoms with van der Waals surface area (Å²) in [6.45, 7) is 1.65. The minimum Gasteiger partial charge on any atom is -0.497 e. The molecule has 0 aliphatic heterocycles. The van der Waals surface area contributed by atoms with Gasteiger partial charge in [-0.15, -0.1) is 0 Å². The summed E-state index contributed by atoms with van der Waals surface area (Å²) in [7, 11) is 1.60. The Kier molecular flexibility index (Phi) is 4.31. The summed E-state index contributed by atoms with van der Waals surface area (Å²) in [4.78, 5) is 11.1. The summed E-state index contributed by atoms with van der Waals surface area (Å²) < 4.78 is 9.05. The van der Waals surface area contributed by atoms with Gasteiger partial charge in [0.15, 0.2) is 0 Å². The number of hydrazone groups is 1. The quantitative estimate of drug-likeness (QED) is 0.653. The van der Waals surface area contributed by atoms with E-state index in [9.17, 15) is 4.79 Å². The zero-order valence-electron chi connectivity index (χ0n) is 11.0. The molecule has 0 unspecified atom stereocenters. The third kappa shape index (κ3) is 3.12. The Morgan fingerprint density at radius 3 is 2.75 bits per heavy atom. The Hall–Kier alpha value is -2.41.